The van der Waals surface area contributed by atoms with Crippen molar-refractivity contribution < 1.29 is 17.6 Å². The Balaban J connectivity index is 1.74. The number of carbonyl (C=O) groups excluding carboxylic acids is 1. The lowest BCUT2D eigenvalue weighted by molar-refractivity contribution is -0.121. The van der Waals surface area contributed by atoms with Crippen molar-refractivity contribution in [1.29, 1.82) is 0 Å². The van der Waals surface area contributed by atoms with Gasteiger partial charge in [0.1, 0.15) is 5.82 Å². The first kappa shape index (κ1) is 22.6. The Hall–Kier alpha value is -1.67. The van der Waals surface area contributed by atoms with E-state index < -0.39 is 15.8 Å². The summed E-state index contributed by atoms with van der Waals surface area (Å²) in [5.74, 6) is -0.671. The Bertz CT molecular complexity index is 921. The van der Waals surface area contributed by atoms with Crippen molar-refractivity contribution in [2.24, 2.45) is 0 Å². The molecule has 0 aliphatic heterocycles. The van der Waals surface area contributed by atoms with E-state index in [1.165, 1.54) is 19.2 Å². The van der Waals surface area contributed by atoms with Crippen LogP contribution in [0.5, 0.6) is 0 Å². The Morgan fingerprint density at radius 3 is 2.46 bits per heavy atom. The minimum atomic E-state index is -3.71. The van der Waals surface area contributed by atoms with Crippen molar-refractivity contribution in [2.45, 2.75) is 24.2 Å². The van der Waals surface area contributed by atoms with Gasteiger partial charge >= 0.3 is 0 Å². The van der Waals surface area contributed by atoms with Crippen LogP contribution in [0.25, 0.3) is 0 Å². The predicted octanol–water partition coefficient (Wildman–Crippen LogP) is 3.89. The summed E-state index contributed by atoms with van der Waals surface area (Å²) in [4.78, 5) is 12.0. The first-order valence-corrected chi connectivity index (χ1v) is 10.8. The number of benzene rings is 2. The third-order valence-electron chi connectivity index (χ3n) is 4.13. The number of amides is 1. The molecule has 0 aliphatic carbocycles. The topological polar surface area (TPSA) is 66.5 Å². The minimum absolute atomic E-state index is 0.0145. The van der Waals surface area contributed by atoms with Gasteiger partial charge in [0.25, 0.3) is 0 Å². The van der Waals surface area contributed by atoms with E-state index in [0.29, 0.717) is 29.4 Å². The molecule has 0 unspecified atom stereocenters. The number of halogens is 3. The fourth-order valence-corrected chi connectivity index (χ4v) is 4.23. The van der Waals surface area contributed by atoms with Gasteiger partial charge in [-0.05, 0) is 54.8 Å². The number of rotatable bonds is 9. The van der Waals surface area contributed by atoms with Crippen LogP contribution in [0.15, 0.2) is 47.4 Å². The van der Waals surface area contributed by atoms with E-state index in [4.69, 9.17) is 23.2 Å². The van der Waals surface area contributed by atoms with Crippen molar-refractivity contribution in [1.82, 2.24) is 9.62 Å². The van der Waals surface area contributed by atoms with E-state index in [9.17, 15) is 17.6 Å². The largest absolute Gasteiger partial charge is 0.356 e. The van der Waals surface area contributed by atoms with Crippen LogP contribution in [0, 0.1) is 5.82 Å². The van der Waals surface area contributed by atoms with Gasteiger partial charge in [-0.3, -0.25) is 4.79 Å². The molecule has 0 saturated carbocycles. The second kappa shape index (κ2) is 10.2. The molecular weight excluding hydrogens is 426 g/mol. The van der Waals surface area contributed by atoms with Gasteiger partial charge in [-0.1, -0.05) is 29.3 Å². The summed E-state index contributed by atoms with van der Waals surface area (Å²) in [5, 5.41) is 3.89. The van der Waals surface area contributed by atoms with Gasteiger partial charge in [0.05, 0.1) is 4.90 Å². The first-order valence-electron chi connectivity index (χ1n) is 8.62. The Labute approximate surface area is 174 Å². The zero-order valence-corrected chi connectivity index (χ0v) is 17.6. The monoisotopic (exact) mass is 446 g/mol. The fourth-order valence-electron chi connectivity index (χ4n) is 2.52. The highest BCUT2D eigenvalue weighted by atomic mass is 35.5. The molecule has 5 nitrogen and oxygen atoms in total. The molecule has 1 N–H and O–H groups in total. The number of hydrogen-bond acceptors (Lipinski definition) is 3. The maximum absolute atomic E-state index is 13.0. The lowest BCUT2D eigenvalue weighted by Crippen LogP contribution is -2.30. The molecule has 0 fully saturated rings. The molecule has 0 heterocycles. The van der Waals surface area contributed by atoms with Crippen molar-refractivity contribution in [3.8, 4) is 0 Å². The van der Waals surface area contributed by atoms with E-state index in [-0.39, 0.29) is 23.8 Å². The van der Waals surface area contributed by atoms with Gasteiger partial charge in [0.15, 0.2) is 0 Å². The normalized spacial score (nSPS) is 11.6. The molecule has 0 radical (unpaired) electrons. The average molecular weight is 447 g/mol. The molecule has 1 amide bonds. The molecule has 0 spiro atoms. The minimum Gasteiger partial charge on any atom is -0.356 e. The number of carbonyl (C=O) groups is 1. The highest BCUT2D eigenvalue weighted by Gasteiger charge is 2.20. The SMILES string of the molecule is CN(CCCC(=O)NCCc1ccc(Cl)cc1Cl)S(=O)(=O)c1ccc(F)cc1. The van der Waals surface area contributed by atoms with Gasteiger partial charge in [0, 0.05) is 36.6 Å². The third-order valence-corrected chi connectivity index (χ3v) is 6.59. The zero-order chi connectivity index (χ0) is 20.7. The highest BCUT2D eigenvalue weighted by molar-refractivity contribution is 7.89. The van der Waals surface area contributed by atoms with Crippen LogP contribution in [0.2, 0.25) is 10.0 Å². The van der Waals surface area contributed by atoms with Gasteiger partial charge in [-0.25, -0.2) is 17.1 Å². The molecule has 2 aromatic rings. The fraction of sp³-hybridized carbons (Fsp3) is 0.316. The smallest absolute Gasteiger partial charge is 0.242 e. The number of nitrogens with one attached hydrogen (secondary N) is 1. The van der Waals surface area contributed by atoms with Crippen LogP contribution in [0.1, 0.15) is 18.4 Å². The molecule has 0 bridgehead atoms. The van der Waals surface area contributed by atoms with Gasteiger partial charge < -0.3 is 5.32 Å². The summed E-state index contributed by atoms with van der Waals surface area (Å²) < 4.78 is 38.9. The molecule has 0 aromatic heterocycles. The molecule has 0 atom stereocenters. The van der Waals surface area contributed by atoms with E-state index in [1.54, 1.807) is 12.1 Å². The summed E-state index contributed by atoms with van der Waals surface area (Å²) in [6.07, 6.45) is 1.13. The van der Waals surface area contributed by atoms with Crippen LogP contribution in [0.3, 0.4) is 0 Å². The quantitative estimate of drug-likeness (QED) is 0.634. The summed E-state index contributed by atoms with van der Waals surface area (Å²) >= 11 is 11.9. The van der Waals surface area contributed by atoms with Crippen LogP contribution in [0.4, 0.5) is 4.39 Å². The molecule has 28 heavy (non-hydrogen) atoms. The van der Waals surface area contributed by atoms with Gasteiger partial charge in [0.2, 0.25) is 15.9 Å². The van der Waals surface area contributed by atoms with E-state index in [0.717, 1.165) is 22.0 Å². The predicted molar refractivity (Wildman–Crippen MR) is 109 cm³/mol. The summed E-state index contributed by atoms with van der Waals surface area (Å²) in [5.41, 5.74) is 0.886. The molecule has 152 valence electrons. The second-order valence-corrected chi connectivity index (χ2v) is 9.11. The number of hydrogen-bond donors (Lipinski definition) is 1. The van der Waals surface area contributed by atoms with Gasteiger partial charge in [-0.2, -0.15) is 0 Å². The third kappa shape index (κ3) is 6.44. The van der Waals surface area contributed by atoms with Crippen LogP contribution in [-0.2, 0) is 21.2 Å². The highest BCUT2D eigenvalue weighted by Crippen LogP contribution is 2.21. The van der Waals surface area contributed by atoms with Gasteiger partial charge in [-0.15, -0.1) is 0 Å². The van der Waals surface area contributed by atoms with E-state index in [1.807, 2.05) is 6.07 Å². The van der Waals surface area contributed by atoms with Crippen molar-refractivity contribution in [3.63, 3.8) is 0 Å². The van der Waals surface area contributed by atoms with Crippen LogP contribution < -0.4 is 5.32 Å². The van der Waals surface area contributed by atoms with Crippen LogP contribution in [-0.4, -0.2) is 38.8 Å². The summed E-state index contributed by atoms with van der Waals surface area (Å²) in [6.45, 7) is 0.597. The van der Waals surface area contributed by atoms with E-state index in [2.05, 4.69) is 5.32 Å². The maximum atomic E-state index is 13.0. The molecule has 2 rings (SSSR count). The zero-order valence-electron chi connectivity index (χ0n) is 15.3. The standard InChI is InChI=1S/C19H21Cl2FN2O3S/c1-24(28(26,27)17-8-6-16(22)7-9-17)12-2-3-19(25)23-11-10-14-4-5-15(20)13-18(14)21/h4-9,13H,2-3,10-12H2,1H3,(H,23,25). The van der Waals surface area contributed by atoms with Crippen molar-refractivity contribution >= 4 is 39.1 Å². The second-order valence-electron chi connectivity index (χ2n) is 6.22. The first-order chi connectivity index (χ1) is 13.2. The van der Waals surface area contributed by atoms with Crippen molar-refractivity contribution in [2.75, 3.05) is 20.1 Å². The Kier molecular flexibility index (Phi) is 8.24. The molecule has 0 saturated heterocycles. The average Bonchev–Trinajstić information content (AvgIpc) is 2.63. The Morgan fingerprint density at radius 2 is 1.82 bits per heavy atom. The summed E-state index contributed by atoms with van der Waals surface area (Å²) in [7, 11) is -2.28. The maximum Gasteiger partial charge on any atom is 0.242 e. The van der Waals surface area contributed by atoms with Crippen LogP contribution >= 0.6 is 23.2 Å². The molecular formula is C19H21Cl2FN2O3S. The lowest BCUT2D eigenvalue weighted by atomic mass is 10.1. The number of sulfonamides is 1. The Morgan fingerprint density at radius 1 is 1.14 bits per heavy atom. The molecule has 9 heteroatoms. The van der Waals surface area contributed by atoms with Crippen molar-refractivity contribution in [3.05, 3.63) is 63.9 Å². The molecule has 2 aromatic carbocycles. The number of nitrogens with zero attached hydrogens (tertiary/aromatic N) is 1. The lowest BCUT2D eigenvalue weighted by Gasteiger charge is -2.17. The van der Waals surface area contributed by atoms with E-state index >= 15 is 0 Å². The summed E-state index contributed by atoms with van der Waals surface area (Å²) in [6, 6.07) is 9.83. The molecule has 0 aliphatic rings.